The molecular weight excluding hydrogens is 242 g/mol. The van der Waals surface area contributed by atoms with E-state index in [4.69, 9.17) is 11.6 Å². The molecule has 9 heteroatoms. The highest BCUT2D eigenvalue weighted by atomic mass is 35.5. The summed E-state index contributed by atoms with van der Waals surface area (Å²) in [5.41, 5.74) is 2.06. The van der Waals surface area contributed by atoms with E-state index in [1.54, 1.807) is 13.2 Å². The average molecular weight is 252 g/mol. The van der Waals surface area contributed by atoms with Crippen LogP contribution in [0.4, 0.5) is 0 Å². The second kappa shape index (κ2) is 5.81. The Morgan fingerprint density at radius 3 is 3.00 bits per heavy atom. The summed E-state index contributed by atoms with van der Waals surface area (Å²) < 4.78 is 0.454. The van der Waals surface area contributed by atoms with Crippen LogP contribution in [0.15, 0.2) is 6.20 Å². The summed E-state index contributed by atoms with van der Waals surface area (Å²) in [5.74, 6) is 0. The van der Waals surface area contributed by atoms with E-state index in [0.717, 1.165) is 4.88 Å². The highest BCUT2D eigenvalue weighted by Gasteiger charge is 2.10. The fourth-order valence-corrected chi connectivity index (χ4v) is 1.81. The van der Waals surface area contributed by atoms with E-state index in [-0.39, 0.29) is 0 Å². The minimum Gasteiger partial charge on any atom is -0.284 e. The van der Waals surface area contributed by atoms with Crippen LogP contribution in [-0.2, 0) is 6.54 Å². The van der Waals surface area contributed by atoms with E-state index in [1.165, 1.54) is 11.3 Å². The molecule has 0 aromatic carbocycles. The van der Waals surface area contributed by atoms with E-state index < -0.39 is 11.3 Å². The summed E-state index contributed by atoms with van der Waals surface area (Å²) in [6.07, 6.45) is 1.03. The summed E-state index contributed by atoms with van der Waals surface area (Å²) in [4.78, 5) is 14.9. The van der Waals surface area contributed by atoms with Gasteiger partial charge in [-0.1, -0.05) is 11.6 Å². The smallest absolute Gasteiger partial charge is 0.190 e. The largest absolute Gasteiger partial charge is 0.284 e. The van der Waals surface area contributed by atoms with Gasteiger partial charge in [0.1, 0.15) is 0 Å². The van der Waals surface area contributed by atoms with Crippen LogP contribution in [0.1, 0.15) is 4.88 Å². The molecule has 1 aromatic rings. The molecule has 0 fully saturated rings. The molecule has 1 atom stereocenters. The van der Waals surface area contributed by atoms with E-state index in [0.29, 0.717) is 11.0 Å². The predicted molar refractivity (Wildman–Crippen MR) is 56.9 cm³/mol. The Hall–Kier alpha value is -0.960. The lowest BCUT2D eigenvalue weighted by Gasteiger charge is -2.13. The van der Waals surface area contributed by atoms with Gasteiger partial charge in [-0.05, 0) is 7.05 Å². The topological polar surface area (TPSA) is 92.1 Å². The third-order valence-corrected chi connectivity index (χ3v) is 2.64. The molecule has 84 valence electrons. The fourth-order valence-electron chi connectivity index (χ4n) is 0.886. The Labute approximate surface area is 95.0 Å². The van der Waals surface area contributed by atoms with E-state index in [1.807, 2.05) is 0 Å². The second-order valence-electron chi connectivity index (χ2n) is 2.57. The van der Waals surface area contributed by atoms with Gasteiger partial charge in [0, 0.05) is 17.6 Å². The average Bonchev–Trinajstić information content (AvgIpc) is 2.58. The Kier molecular flexibility index (Phi) is 4.69. The third-order valence-electron chi connectivity index (χ3n) is 1.53. The number of hydrazine groups is 1. The first-order chi connectivity index (χ1) is 7.11. The zero-order chi connectivity index (χ0) is 11.3. The van der Waals surface area contributed by atoms with Crippen LogP contribution in [0.5, 0.6) is 0 Å². The molecule has 0 aliphatic heterocycles. The minimum atomic E-state index is -0.617. The van der Waals surface area contributed by atoms with Crippen molar-refractivity contribution in [1.29, 1.82) is 0 Å². The molecule has 1 rings (SSSR count). The SMILES string of the molecule is CNC(NCc1cnc(Cl)s1)N[N+](=O)[O-]. The molecule has 15 heavy (non-hydrogen) atoms. The summed E-state index contributed by atoms with van der Waals surface area (Å²) in [5, 5.41) is 15.1. The van der Waals surface area contributed by atoms with Gasteiger partial charge in [-0.2, -0.15) is 0 Å². The molecule has 1 unspecified atom stereocenters. The van der Waals surface area contributed by atoms with Crippen LogP contribution in [0, 0.1) is 10.1 Å². The zero-order valence-corrected chi connectivity index (χ0v) is 9.43. The van der Waals surface area contributed by atoms with Crippen LogP contribution >= 0.6 is 22.9 Å². The molecule has 1 aromatic heterocycles. The van der Waals surface area contributed by atoms with Crippen molar-refractivity contribution in [1.82, 2.24) is 21.0 Å². The van der Waals surface area contributed by atoms with Crippen molar-refractivity contribution in [3.63, 3.8) is 0 Å². The molecule has 0 aliphatic carbocycles. The quantitative estimate of drug-likeness (QED) is 0.379. The van der Waals surface area contributed by atoms with Crippen LogP contribution < -0.4 is 16.1 Å². The van der Waals surface area contributed by atoms with Gasteiger partial charge in [-0.25, -0.2) is 15.1 Å². The van der Waals surface area contributed by atoms with Crippen LogP contribution in [-0.4, -0.2) is 23.4 Å². The molecule has 0 amide bonds. The number of aromatic nitrogens is 1. The maximum Gasteiger partial charge on any atom is 0.190 e. The van der Waals surface area contributed by atoms with E-state index in [9.17, 15) is 10.1 Å². The maximum atomic E-state index is 10.2. The summed E-state index contributed by atoms with van der Waals surface area (Å²) >= 11 is 6.96. The molecule has 1 heterocycles. The standard InChI is InChI=1S/C6H10ClN5O2S/c1-8-6(11-12(13)14)10-3-4-2-9-5(7)15-4/h2,6,8,10-11H,3H2,1H3. The van der Waals surface area contributed by atoms with Gasteiger partial charge >= 0.3 is 0 Å². The Morgan fingerprint density at radius 1 is 1.80 bits per heavy atom. The van der Waals surface area contributed by atoms with E-state index >= 15 is 0 Å². The number of nitrogens with one attached hydrogen (secondary N) is 3. The first-order valence-electron chi connectivity index (χ1n) is 4.03. The summed E-state index contributed by atoms with van der Waals surface area (Å²) in [6, 6.07) is 0. The van der Waals surface area contributed by atoms with Gasteiger partial charge in [0.2, 0.25) is 0 Å². The number of hydrogen-bond acceptors (Lipinski definition) is 6. The third kappa shape index (κ3) is 4.38. The molecule has 3 N–H and O–H groups in total. The van der Waals surface area contributed by atoms with Crippen molar-refractivity contribution in [2.24, 2.45) is 0 Å². The van der Waals surface area contributed by atoms with Crippen molar-refractivity contribution in [3.8, 4) is 0 Å². The van der Waals surface area contributed by atoms with Crippen molar-refractivity contribution in [2.45, 2.75) is 12.8 Å². The first-order valence-corrected chi connectivity index (χ1v) is 5.22. The molecule has 0 saturated heterocycles. The monoisotopic (exact) mass is 251 g/mol. The minimum absolute atomic E-state index is 0.454. The van der Waals surface area contributed by atoms with Gasteiger partial charge in [0.15, 0.2) is 15.8 Å². The lowest BCUT2D eigenvalue weighted by atomic mass is 10.5. The predicted octanol–water partition coefficient (Wildman–Crippen LogP) is 0.170. The van der Waals surface area contributed by atoms with Crippen molar-refractivity contribution in [2.75, 3.05) is 7.05 Å². The van der Waals surface area contributed by atoms with Crippen molar-refractivity contribution >= 4 is 22.9 Å². The van der Waals surface area contributed by atoms with Gasteiger partial charge in [-0.15, -0.1) is 16.8 Å². The second-order valence-corrected chi connectivity index (χ2v) is 4.27. The fraction of sp³-hybridized carbons (Fsp3) is 0.500. The first kappa shape index (κ1) is 12.1. The highest BCUT2D eigenvalue weighted by Crippen LogP contribution is 2.17. The zero-order valence-electron chi connectivity index (χ0n) is 7.86. The normalized spacial score (nSPS) is 12.4. The number of thiazole rings is 1. The molecular formula is C6H10ClN5O2S. The van der Waals surface area contributed by atoms with Gasteiger partial charge in [-0.3, -0.25) is 10.6 Å². The van der Waals surface area contributed by atoms with Crippen molar-refractivity contribution in [3.05, 3.63) is 25.7 Å². The number of hydrogen-bond donors (Lipinski definition) is 3. The van der Waals surface area contributed by atoms with Crippen LogP contribution in [0.25, 0.3) is 0 Å². The van der Waals surface area contributed by atoms with Crippen LogP contribution in [0.2, 0.25) is 4.47 Å². The number of nitrogens with zero attached hydrogens (tertiary/aromatic N) is 2. The Morgan fingerprint density at radius 2 is 2.53 bits per heavy atom. The number of nitro groups is 1. The summed E-state index contributed by atoms with van der Waals surface area (Å²) in [6.45, 7) is 0.455. The van der Waals surface area contributed by atoms with Gasteiger partial charge in [0.25, 0.3) is 0 Å². The lowest BCUT2D eigenvalue weighted by Crippen LogP contribution is -2.52. The Bertz CT molecular complexity index is 333. The molecule has 0 aliphatic rings. The lowest BCUT2D eigenvalue weighted by molar-refractivity contribution is -0.553. The Balaban J connectivity index is 2.37. The molecule has 0 saturated carbocycles. The molecule has 0 bridgehead atoms. The number of rotatable bonds is 6. The molecule has 0 spiro atoms. The highest BCUT2D eigenvalue weighted by molar-refractivity contribution is 7.15. The van der Waals surface area contributed by atoms with E-state index in [2.05, 4.69) is 21.0 Å². The van der Waals surface area contributed by atoms with Crippen molar-refractivity contribution < 1.29 is 5.03 Å². The van der Waals surface area contributed by atoms with Gasteiger partial charge in [0.05, 0.1) is 0 Å². The number of halogens is 1. The van der Waals surface area contributed by atoms with Gasteiger partial charge < -0.3 is 0 Å². The van der Waals surface area contributed by atoms with Crippen LogP contribution in [0.3, 0.4) is 0 Å². The molecule has 0 radical (unpaired) electrons. The molecule has 7 nitrogen and oxygen atoms in total. The summed E-state index contributed by atoms with van der Waals surface area (Å²) in [7, 11) is 1.60. The maximum absolute atomic E-state index is 10.2.